The molecule has 0 unspecified atom stereocenters. The van der Waals surface area contributed by atoms with Crippen molar-refractivity contribution in [3.63, 3.8) is 0 Å². The second-order valence-corrected chi connectivity index (χ2v) is 11.1. The van der Waals surface area contributed by atoms with E-state index in [2.05, 4.69) is 17.2 Å². The van der Waals surface area contributed by atoms with Crippen LogP contribution in [-0.2, 0) is 24.4 Å². The summed E-state index contributed by atoms with van der Waals surface area (Å²) in [6.07, 6.45) is -1.12. The lowest BCUT2D eigenvalue weighted by Gasteiger charge is -2.34. The van der Waals surface area contributed by atoms with Gasteiger partial charge in [0, 0.05) is 19.0 Å². The van der Waals surface area contributed by atoms with E-state index < -0.39 is 34.7 Å². The number of ether oxygens (including phenoxy) is 1. The van der Waals surface area contributed by atoms with Gasteiger partial charge in [-0.2, -0.15) is 21.6 Å². The van der Waals surface area contributed by atoms with E-state index >= 15 is 0 Å². The number of benzene rings is 1. The van der Waals surface area contributed by atoms with Crippen LogP contribution in [0.2, 0.25) is 5.15 Å². The summed E-state index contributed by atoms with van der Waals surface area (Å²) < 4.78 is 63.9. The minimum absolute atomic E-state index is 0.0301. The van der Waals surface area contributed by atoms with Gasteiger partial charge in [-0.25, -0.2) is 4.98 Å². The van der Waals surface area contributed by atoms with E-state index in [1.165, 1.54) is 7.11 Å². The minimum Gasteiger partial charge on any atom is -0.496 e. The Balaban J connectivity index is 0.00000170. The number of methoxy groups -OCH3 is 1. The third kappa shape index (κ3) is 8.04. The van der Waals surface area contributed by atoms with E-state index in [4.69, 9.17) is 24.8 Å². The zero-order valence-electron chi connectivity index (χ0n) is 22.7. The maximum atomic E-state index is 13.4. The number of aromatic nitrogens is 2. The number of hydrogen-bond donors (Lipinski definition) is 2. The number of halogens is 4. The zero-order chi connectivity index (χ0) is 29.6. The number of carbonyl (C=O) groups excluding carboxylic acids is 1. The number of imidazole rings is 1. The Bertz CT molecular complexity index is 1190. The van der Waals surface area contributed by atoms with Gasteiger partial charge in [-0.15, -0.1) is 0 Å². The van der Waals surface area contributed by atoms with Gasteiger partial charge >= 0.3 is 17.7 Å². The summed E-state index contributed by atoms with van der Waals surface area (Å²) >= 11 is 5.85. The van der Waals surface area contributed by atoms with Crippen molar-refractivity contribution in [2.45, 2.75) is 78.0 Å². The summed E-state index contributed by atoms with van der Waals surface area (Å²) in [4.78, 5) is 17.4. The lowest BCUT2D eigenvalue weighted by atomic mass is 9.79. The van der Waals surface area contributed by atoms with Crippen LogP contribution in [0.3, 0.4) is 0 Å². The molecule has 3 rings (SSSR count). The van der Waals surface area contributed by atoms with Gasteiger partial charge in [0.25, 0.3) is 5.91 Å². The van der Waals surface area contributed by atoms with Crippen molar-refractivity contribution in [3.05, 3.63) is 40.4 Å². The zero-order valence-corrected chi connectivity index (χ0v) is 24.2. The molecular formula is C26H35ClF3N3O5S. The Labute approximate surface area is 234 Å². The van der Waals surface area contributed by atoms with Crippen LogP contribution in [0.25, 0.3) is 5.69 Å². The van der Waals surface area contributed by atoms with Gasteiger partial charge < -0.3 is 15.2 Å². The maximum absolute atomic E-state index is 13.4. The van der Waals surface area contributed by atoms with Crippen molar-refractivity contribution in [1.82, 2.24) is 14.9 Å². The molecule has 1 aliphatic carbocycles. The van der Waals surface area contributed by atoms with Crippen molar-refractivity contribution in [3.8, 4) is 11.4 Å². The molecule has 13 heteroatoms. The molecule has 0 bridgehead atoms. The van der Waals surface area contributed by atoms with Gasteiger partial charge in [0.15, 0.2) is 5.69 Å². The van der Waals surface area contributed by atoms with E-state index in [-0.39, 0.29) is 29.6 Å². The van der Waals surface area contributed by atoms with Gasteiger partial charge in [0.2, 0.25) is 0 Å². The molecule has 1 saturated carbocycles. The number of hydrogen-bond acceptors (Lipinski definition) is 6. The number of aryl methyl sites for hydroxylation is 1. The molecule has 0 spiro atoms. The van der Waals surface area contributed by atoms with E-state index in [0.717, 1.165) is 26.7 Å². The normalized spacial score (nSPS) is 19.6. The number of rotatable bonds is 8. The average Bonchev–Trinajstić information content (AvgIpc) is 3.20. The second-order valence-electron chi connectivity index (χ2n) is 10.6. The molecule has 1 fully saturated rings. The molecule has 1 aromatic heterocycles. The molecule has 1 heterocycles. The fourth-order valence-electron chi connectivity index (χ4n) is 4.49. The predicted molar refractivity (Wildman–Crippen MR) is 142 cm³/mol. The van der Waals surface area contributed by atoms with Crippen molar-refractivity contribution in [2.75, 3.05) is 13.7 Å². The lowest BCUT2D eigenvalue weighted by Crippen LogP contribution is -2.45. The van der Waals surface area contributed by atoms with Crippen LogP contribution in [0, 0.1) is 11.3 Å². The van der Waals surface area contributed by atoms with Gasteiger partial charge in [-0.05, 0) is 49.7 Å². The largest absolute Gasteiger partial charge is 0.496 e. The summed E-state index contributed by atoms with van der Waals surface area (Å²) in [7, 11) is 1.40. The smallest absolute Gasteiger partial charge is 0.394 e. The highest BCUT2D eigenvalue weighted by Crippen LogP contribution is 2.42. The molecule has 0 atom stereocenters. The number of nitrogens with one attached hydrogen (secondary N) is 1. The first-order valence-corrected chi connectivity index (χ1v) is 13.6. The highest BCUT2D eigenvalue weighted by molar-refractivity contribution is 7.51. The van der Waals surface area contributed by atoms with E-state index in [1.54, 1.807) is 22.8 Å². The number of nitrogens with zero attached hydrogens (tertiary/aromatic N) is 2. The molecule has 39 heavy (non-hydrogen) atoms. The fraction of sp³-hybridized carbons (Fsp3) is 0.615. The van der Waals surface area contributed by atoms with Gasteiger partial charge in [0.05, 0.1) is 23.8 Å². The lowest BCUT2D eigenvalue weighted by molar-refractivity contribution is -0.211. The number of alkyl halides is 3. The van der Waals surface area contributed by atoms with Crippen LogP contribution in [0.5, 0.6) is 5.75 Å². The van der Waals surface area contributed by atoms with Gasteiger partial charge in [-0.1, -0.05) is 45.4 Å². The molecule has 1 amide bonds. The van der Waals surface area contributed by atoms with Crippen molar-refractivity contribution < 1.29 is 36.2 Å². The third-order valence-corrected chi connectivity index (χ3v) is 7.48. The molecule has 0 saturated heterocycles. The van der Waals surface area contributed by atoms with Crippen molar-refractivity contribution in [2.24, 2.45) is 11.3 Å². The van der Waals surface area contributed by atoms with Crippen LogP contribution in [0.15, 0.2) is 18.2 Å². The molecule has 0 radical (unpaired) electrons. The topological polar surface area (TPSA) is 111 Å². The van der Waals surface area contributed by atoms with Crippen LogP contribution < -0.4 is 10.1 Å². The molecular weight excluding hydrogens is 559 g/mol. The Kier molecular flexibility index (Phi) is 11.2. The highest BCUT2D eigenvalue weighted by Gasteiger charge is 2.47. The molecule has 2 N–H and O–H groups in total. The average molecular weight is 594 g/mol. The summed E-state index contributed by atoms with van der Waals surface area (Å²) in [5.74, 6) is 0.870. The Morgan fingerprint density at radius 2 is 1.87 bits per heavy atom. The van der Waals surface area contributed by atoms with Gasteiger partial charge in [0.1, 0.15) is 16.7 Å². The van der Waals surface area contributed by atoms with Crippen molar-refractivity contribution >= 4 is 29.1 Å². The number of amides is 1. The predicted octanol–water partition coefficient (Wildman–Crippen LogP) is 5.23. The Hall–Kier alpha value is -2.44. The fourth-order valence-corrected chi connectivity index (χ4v) is 4.81. The van der Waals surface area contributed by atoms with Crippen LogP contribution in [0.4, 0.5) is 13.2 Å². The molecule has 1 aromatic carbocycles. The van der Waals surface area contributed by atoms with Crippen LogP contribution in [0.1, 0.15) is 75.3 Å². The first-order chi connectivity index (χ1) is 18.1. The van der Waals surface area contributed by atoms with E-state index in [9.17, 15) is 23.1 Å². The number of aliphatic hydroxyl groups is 1. The molecule has 2 aromatic rings. The van der Waals surface area contributed by atoms with E-state index in [1.807, 2.05) is 6.92 Å². The Morgan fingerprint density at radius 1 is 1.28 bits per heavy atom. The summed E-state index contributed by atoms with van der Waals surface area (Å²) in [5.41, 5.74) is -1.92. The maximum Gasteiger partial charge on any atom is 0.394 e. The molecule has 218 valence electrons. The first-order valence-electron chi connectivity index (χ1n) is 12.6. The van der Waals surface area contributed by atoms with Gasteiger partial charge in [-0.3, -0.25) is 9.36 Å². The SMILES string of the molecule is CCc1nc(C(=O)NCC2(O)CCC(C)CC2)c(Cl)n1-c1ccc(CC(C)(C)C(F)(F)F)c(OC)c1.O=S=O. The Morgan fingerprint density at radius 3 is 2.38 bits per heavy atom. The van der Waals surface area contributed by atoms with E-state index in [0.29, 0.717) is 42.3 Å². The van der Waals surface area contributed by atoms with Crippen LogP contribution in [-0.4, -0.2) is 54.4 Å². The molecule has 8 nitrogen and oxygen atoms in total. The first kappa shape index (κ1) is 32.8. The summed E-state index contributed by atoms with van der Waals surface area (Å²) in [6, 6.07) is 4.82. The standard InChI is InChI=1S/C26H35ClF3N3O3.O2S/c1-6-20-32-21(23(34)31-15-25(35)11-9-16(2)10-12-25)22(27)33(20)18-8-7-17(19(13-18)36-5)14-24(3,4)26(28,29)30;1-3-2/h7-8,13,16,35H,6,9-12,14-15H2,1-5H3,(H,31,34);. The summed E-state index contributed by atoms with van der Waals surface area (Å²) in [5, 5.41) is 13.6. The summed E-state index contributed by atoms with van der Waals surface area (Å²) in [6.45, 7) is 6.42. The quantitative estimate of drug-likeness (QED) is 0.434. The van der Waals surface area contributed by atoms with Crippen LogP contribution >= 0.6 is 11.6 Å². The second kappa shape index (κ2) is 13.3. The number of carbonyl (C=O) groups is 1. The monoisotopic (exact) mass is 593 g/mol. The molecule has 1 aliphatic rings. The molecule has 0 aliphatic heterocycles. The third-order valence-electron chi connectivity index (χ3n) is 7.13. The van der Waals surface area contributed by atoms with Crippen molar-refractivity contribution in [1.29, 1.82) is 0 Å². The minimum atomic E-state index is -4.37. The highest BCUT2D eigenvalue weighted by atomic mass is 35.5.